The molecule has 2 N–H and O–H groups in total. The van der Waals surface area contributed by atoms with Crippen molar-refractivity contribution in [1.29, 1.82) is 0 Å². The van der Waals surface area contributed by atoms with Gasteiger partial charge in [0.1, 0.15) is 5.75 Å². The lowest BCUT2D eigenvalue weighted by Crippen LogP contribution is -2.29. The average molecular weight is 470 g/mol. The predicted octanol–water partition coefficient (Wildman–Crippen LogP) is 5.21. The van der Waals surface area contributed by atoms with E-state index >= 15 is 0 Å². The molecule has 170 valence electrons. The van der Waals surface area contributed by atoms with Crippen molar-refractivity contribution in [3.63, 3.8) is 0 Å². The van der Waals surface area contributed by atoms with Gasteiger partial charge >= 0.3 is 0 Å². The van der Waals surface area contributed by atoms with E-state index in [0.717, 1.165) is 45.6 Å². The Morgan fingerprint density at radius 1 is 1.09 bits per heavy atom. The predicted molar refractivity (Wildman–Crippen MR) is 135 cm³/mol. The van der Waals surface area contributed by atoms with Gasteiger partial charge in [-0.3, -0.25) is 9.59 Å². The molecule has 0 bridgehead atoms. The summed E-state index contributed by atoms with van der Waals surface area (Å²) in [5.41, 5.74) is 6.22. The summed E-state index contributed by atoms with van der Waals surface area (Å²) < 4.78 is 0. The first-order valence-corrected chi connectivity index (χ1v) is 11.9. The number of rotatable bonds is 5. The van der Waals surface area contributed by atoms with Crippen LogP contribution in [0, 0.1) is 6.92 Å². The molecule has 34 heavy (non-hydrogen) atoms. The molecule has 0 saturated heterocycles. The summed E-state index contributed by atoms with van der Waals surface area (Å²) in [6, 6.07) is 20.3. The molecule has 5 rings (SSSR count). The minimum Gasteiger partial charge on any atom is -0.508 e. The third-order valence-electron chi connectivity index (χ3n) is 5.92. The van der Waals surface area contributed by atoms with Crippen LogP contribution in [-0.4, -0.2) is 28.4 Å². The van der Waals surface area contributed by atoms with Crippen molar-refractivity contribution < 1.29 is 14.7 Å². The standard InChI is InChI=1S/C27H23N3O3S/c1-17-5-2-3-8-22(17)26(33)30-12-11-20-15-19(9-10-24(20)30)23-16-34-27(28-23)29-25(32)14-18-6-4-7-21(31)13-18/h2-10,13,15-16,31H,11-12,14H2,1H3,(H,28,29,32). The van der Waals surface area contributed by atoms with Crippen LogP contribution in [-0.2, 0) is 17.6 Å². The van der Waals surface area contributed by atoms with Crippen LogP contribution in [0.5, 0.6) is 5.75 Å². The van der Waals surface area contributed by atoms with Crippen LogP contribution in [0.2, 0.25) is 0 Å². The minimum atomic E-state index is -0.189. The number of hydrogen-bond donors (Lipinski definition) is 2. The van der Waals surface area contributed by atoms with Crippen LogP contribution in [0.15, 0.2) is 72.1 Å². The number of carbonyl (C=O) groups excluding carboxylic acids is 2. The molecule has 0 radical (unpaired) electrons. The Morgan fingerprint density at radius 3 is 2.76 bits per heavy atom. The lowest BCUT2D eigenvalue weighted by atomic mass is 10.1. The number of thiazole rings is 1. The molecule has 0 atom stereocenters. The van der Waals surface area contributed by atoms with E-state index in [4.69, 9.17) is 0 Å². The molecular weight excluding hydrogens is 446 g/mol. The van der Waals surface area contributed by atoms with Gasteiger partial charge in [-0.25, -0.2) is 4.98 Å². The number of aromatic hydroxyl groups is 1. The first-order valence-electron chi connectivity index (χ1n) is 11.0. The van der Waals surface area contributed by atoms with Gasteiger partial charge < -0.3 is 15.3 Å². The number of amides is 2. The molecule has 0 fully saturated rings. The lowest BCUT2D eigenvalue weighted by Gasteiger charge is -2.18. The van der Waals surface area contributed by atoms with Gasteiger partial charge in [-0.15, -0.1) is 11.3 Å². The van der Waals surface area contributed by atoms with E-state index in [1.165, 1.54) is 11.3 Å². The van der Waals surface area contributed by atoms with Crippen LogP contribution in [0.4, 0.5) is 10.8 Å². The summed E-state index contributed by atoms with van der Waals surface area (Å²) in [5.74, 6) is -0.0292. The molecule has 0 aliphatic carbocycles. The summed E-state index contributed by atoms with van der Waals surface area (Å²) in [5, 5.41) is 14.8. The monoisotopic (exact) mass is 469 g/mol. The highest BCUT2D eigenvalue weighted by molar-refractivity contribution is 7.14. The molecule has 4 aromatic rings. The maximum absolute atomic E-state index is 13.1. The first-order chi connectivity index (χ1) is 16.5. The van der Waals surface area contributed by atoms with E-state index in [1.807, 2.05) is 53.6 Å². The van der Waals surface area contributed by atoms with Crippen LogP contribution >= 0.6 is 11.3 Å². The zero-order valence-electron chi connectivity index (χ0n) is 18.6. The zero-order valence-corrected chi connectivity index (χ0v) is 19.4. The fraction of sp³-hybridized carbons (Fsp3) is 0.148. The van der Waals surface area contributed by atoms with Crippen LogP contribution in [0.1, 0.15) is 27.0 Å². The first kappa shape index (κ1) is 21.9. The summed E-state index contributed by atoms with van der Waals surface area (Å²) >= 11 is 1.37. The van der Waals surface area contributed by atoms with Crippen LogP contribution < -0.4 is 10.2 Å². The molecule has 7 heteroatoms. The Bertz CT molecular complexity index is 1400. The Kier molecular flexibility index (Phi) is 5.86. The number of nitrogens with one attached hydrogen (secondary N) is 1. The third-order valence-corrected chi connectivity index (χ3v) is 6.67. The second-order valence-electron chi connectivity index (χ2n) is 8.30. The quantitative estimate of drug-likeness (QED) is 0.420. The number of phenolic OH excluding ortho intramolecular Hbond substituents is 1. The number of benzene rings is 3. The Hall–Kier alpha value is -3.97. The summed E-state index contributed by atoms with van der Waals surface area (Å²) in [4.78, 5) is 31.9. The molecule has 0 saturated carbocycles. The summed E-state index contributed by atoms with van der Waals surface area (Å²) in [6.45, 7) is 2.61. The molecule has 0 unspecified atom stereocenters. The largest absolute Gasteiger partial charge is 0.508 e. The smallest absolute Gasteiger partial charge is 0.258 e. The van der Waals surface area contributed by atoms with Gasteiger partial charge in [0.25, 0.3) is 5.91 Å². The number of aryl methyl sites for hydroxylation is 1. The maximum atomic E-state index is 13.1. The summed E-state index contributed by atoms with van der Waals surface area (Å²) in [6.07, 6.45) is 0.950. The molecule has 0 spiro atoms. The van der Waals surface area contributed by atoms with Gasteiger partial charge in [0.15, 0.2) is 5.13 Å². The second-order valence-corrected chi connectivity index (χ2v) is 9.16. The summed E-state index contributed by atoms with van der Waals surface area (Å²) in [7, 11) is 0. The molecule has 1 aliphatic heterocycles. The van der Waals surface area contributed by atoms with Crippen molar-refractivity contribution in [2.45, 2.75) is 19.8 Å². The highest BCUT2D eigenvalue weighted by atomic mass is 32.1. The number of phenols is 1. The highest BCUT2D eigenvalue weighted by Gasteiger charge is 2.26. The van der Waals surface area contributed by atoms with Gasteiger partial charge in [-0.05, 0) is 60.4 Å². The molecular formula is C27H23N3O3S. The van der Waals surface area contributed by atoms with Gasteiger partial charge in [0.05, 0.1) is 12.1 Å². The van der Waals surface area contributed by atoms with Crippen LogP contribution in [0.3, 0.4) is 0 Å². The Labute approximate surface area is 201 Å². The molecule has 1 aromatic heterocycles. The lowest BCUT2D eigenvalue weighted by molar-refractivity contribution is -0.115. The second kappa shape index (κ2) is 9.11. The van der Waals surface area contributed by atoms with Gasteiger partial charge in [-0.2, -0.15) is 0 Å². The number of hydrogen-bond acceptors (Lipinski definition) is 5. The molecule has 3 aromatic carbocycles. The highest BCUT2D eigenvalue weighted by Crippen LogP contribution is 2.34. The number of anilines is 2. The van der Waals surface area contributed by atoms with Crippen LogP contribution in [0.25, 0.3) is 11.3 Å². The van der Waals surface area contributed by atoms with Crippen molar-refractivity contribution >= 4 is 34.0 Å². The van der Waals surface area contributed by atoms with Gasteiger partial charge in [0.2, 0.25) is 5.91 Å². The van der Waals surface area contributed by atoms with Crippen molar-refractivity contribution in [2.24, 2.45) is 0 Å². The fourth-order valence-corrected chi connectivity index (χ4v) is 4.95. The molecule has 6 nitrogen and oxygen atoms in total. The molecule has 2 amide bonds. The number of aromatic nitrogens is 1. The van der Waals surface area contributed by atoms with E-state index < -0.39 is 0 Å². The van der Waals surface area contributed by atoms with E-state index in [9.17, 15) is 14.7 Å². The van der Waals surface area contributed by atoms with Gasteiger partial charge in [0, 0.05) is 28.7 Å². The van der Waals surface area contributed by atoms with Crippen molar-refractivity contribution in [1.82, 2.24) is 4.98 Å². The normalized spacial score (nSPS) is 12.4. The van der Waals surface area contributed by atoms with Crippen molar-refractivity contribution in [3.05, 3.63) is 94.4 Å². The number of nitrogens with zero attached hydrogens (tertiary/aromatic N) is 2. The van der Waals surface area contributed by atoms with E-state index in [2.05, 4.69) is 16.4 Å². The topological polar surface area (TPSA) is 82.5 Å². The Balaban J connectivity index is 1.29. The zero-order chi connectivity index (χ0) is 23.7. The number of carbonyl (C=O) groups is 2. The Morgan fingerprint density at radius 2 is 1.94 bits per heavy atom. The van der Waals surface area contributed by atoms with E-state index in [-0.39, 0.29) is 24.0 Å². The van der Waals surface area contributed by atoms with E-state index in [1.54, 1.807) is 24.3 Å². The SMILES string of the molecule is Cc1ccccc1C(=O)N1CCc2cc(-c3csc(NC(=O)Cc4cccc(O)c4)n3)ccc21. The third kappa shape index (κ3) is 4.43. The van der Waals surface area contributed by atoms with E-state index in [0.29, 0.717) is 11.7 Å². The van der Waals surface area contributed by atoms with Crippen molar-refractivity contribution in [2.75, 3.05) is 16.8 Å². The molecule has 2 heterocycles. The number of fused-ring (bicyclic) bond motifs is 1. The minimum absolute atomic E-state index is 0.0231. The van der Waals surface area contributed by atoms with Gasteiger partial charge in [-0.1, -0.05) is 36.4 Å². The molecule has 1 aliphatic rings. The fourth-order valence-electron chi connectivity index (χ4n) is 4.21. The average Bonchev–Trinajstić information content (AvgIpc) is 3.45. The maximum Gasteiger partial charge on any atom is 0.258 e. The van der Waals surface area contributed by atoms with Crippen molar-refractivity contribution in [3.8, 4) is 17.0 Å².